The molecule has 1 aliphatic heterocycles. The molecule has 0 radical (unpaired) electrons. The maximum Gasteiger partial charge on any atom is 0.232 e. The lowest BCUT2D eigenvalue weighted by molar-refractivity contribution is 0.235. The van der Waals surface area contributed by atoms with E-state index in [1.807, 2.05) is 26.0 Å². The van der Waals surface area contributed by atoms with Crippen molar-refractivity contribution in [3.8, 4) is 11.6 Å². The van der Waals surface area contributed by atoms with Gasteiger partial charge in [0.15, 0.2) is 0 Å². The number of aromatic nitrogens is 2. The summed E-state index contributed by atoms with van der Waals surface area (Å²) >= 11 is 0. The second kappa shape index (κ2) is 9.55. The van der Waals surface area contributed by atoms with Crippen LogP contribution < -0.4 is 14.4 Å². The Balaban J connectivity index is 1.34. The number of ether oxygens (including phenoxy) is 2. The van der Waals surface area contributed by atoms with Crippen LogP contribution in [0.1, 0.15) is 24.2 Å². The molecule has 1 aliphatic rings. The van der Waals surface area contributed by atoms with Crippen molar-refractivity contribution < 1.29 is 9.47 Å². The van der Waals surface area contributed by atoms with Gasteiger partial charge in [0.25, 0.3) is 0 Å². The molecule has 0 spiro atoms. The smallest absolute Gasteiger partial charge is 0.232 e. The molecule has 0 bridgehead atoms. The highest BCUT2D eigenvalue weighted by atomic mass is 16.5. The molecule has 1 saturated heterocycles. The van der Waals surface area contributed by atoms with E-state index >= 15 is 0 Å². The fraction of sp³-hybridized carbons (Fsp3) is 0.524. The Morgan fingerprint density at radius 2 is 1.78 bits per heavy atom. The summed E-state index contributed by atoms with van der Waals surface area (Å²) in [6.07, 6.45) is 3.87. The van der Waals surface area contributed by atoms with Crippen LogP contribution in [-0.2, 0) is 0 Å². The van der Waals surface area contributed by atoms with E-state index in [4.69, 9.17) is 9.47 Å². The molecular formula is C21H30N4O2. The van der Waals surface area contributed by atoms with Gasteiger partial charge in [-0.2, -0.15) is 0 Å². The maximum atomic E-state index is 5.72. The van der Waals surface area contributed by atoms with Gasteiger partial charge in [0.2, 0.25) is 5.88 Å². The van der Waals surface area contributed by atoms with Crippen molar-refractivity contribution in [1.82, 2.24) is 14.9 Å². The molecule has 2 heterocycles. The molecule has 0 N–H and O–H groups in total. The molecule has 146 valence electrons. The second-order valence-corrected chi connectivity index (χ2v) is 6.94. The zero-order valence-electron chi connectivity index (χ0n) is 16.6. The first-order chi connectivity index (χ1) is 13.2. The molecule has 6 nitrogen and oxygen atoms in total. The SMILES string of the molecule is COc1ccccc1N1CCN(CCCCOc2cnc(C)c(C)n2)CC1. The summed E-state index contributed by atoms with van der Waals surface area (Å²) in [6, 6.07) is 8.26. The number of hydrogen-bond acceptors (Lipinski definition) is 6. The fourth-order valence-electron chi connectivity index (χ4n) is 3.31. The van der Waals surface area contributed by atoms with Crippen LogP contribution in [0.2, 0.25) is 0 Å². The normalized spacial score (nSPS) is 15.0. The lowest BCUT2D eigenvalue weighted by Gasteiger charge is -2.36. The highest BCUT2D eigenvalue weighted by Crippen LogP contribution is 2.28. The molecule has 0 amide bonds. The quantitative estimate of drug-likeness (QED) is 0.666. The summed E-state index contributed by atoms with van der Waals surface area (Å²) < 4.78 is 11.2. The third-order valence-electron chi connectivity index (χ3n) is 5.09. The number of anilines is 1. The van der Waals surface area contributed by atoms with Crippen molar-refractivity contribution in [3.63, 3.8) is 0 Å². The van der Waals surface area contributed by atoms with Gasteiger partial charge in [-0.05, 0) is 45.4 Å². The lowest BCUT2D eigenvalue weighted by atomic mass is 10.2. The zero-order chi connectivity index (χ0) is 19.1. The van der Waals surface area contributed by atoms with Crippen molar-refractivity contribution in [2.24, 2.45) is 0 Å². The molecule has 0 atom stereocenters. The van der Waals surface area contributed by atoms with E-state index in [0.717, 1.165) is 62.7 Å². The van der Waals surface area contributed by atoms with Crippen LogP contribution in [0, 0.1) is 13.8 Å². The Morgan fingerprint density at radius 1 is 1.00 bits per heavy atom. The van der Waals surface area contributed by atoms with Crippen LogP contribution in [0.5, 0.6) is 11.6 Å². The molecule has 1 aromatic heterocycles. The van der Waals surface area contributed by atoms with E-state index in [2.05, 4.69) is 31.9 Å². The number of methoxy groups -OCH3 is 1. The highest BCUT2D eigenvalue weighted by Gasteiger charge is 2.19. The highest BCUT2D eigenvalue weighted by molar-refractivity contribution is 5.58. The third kappa shape index (κ3) is 5.32. The lowest BCUT2D eigenvalue weighted by Crippen LogP contribution is -2.46. The first kappa shape index (κ1) is 19.4. The predicted octanol–water partition coefficient (Wildman–Crippen LogP) is 3.08. The van der Waals surface area contributed by atoms with Gasteiger partial charge >= 0.3 is 0 Å². The predicted molar refractivity (Wildman–Crippen MR) is 108 cm³/mol. The van der Waals surface area contributed by atoms with Gasteiger partial charge in [-0.25, -0.2) is 4.98 Å². The van der Waals surface area contributed by atoms with Crippen molar-refractivity contribution in [3.05, 3.63) is 41.9 Å². The third-order valence-corrected chi connectivity index (χ3v) is 5.09. The Hall–Kier alpha value is -2.34. The monoisotopic (exact) mass is 370 g/mol. The first-order valence-corrected chi connectivity index (χ1v) is 9.70. The Labute approximate surface area is 162 Å². The van der Waals surface area contributed by atoms with Crippen molar-refractivity contribution >= 4 is 5.69 Å². The van der Waals surface area contributed by atoms with Gasteiger partial charge in [0.1, 0.15) is 5.75 Å². The topological polar surface area (TPSA) is 50.7 Å². The minimum Gasteiger partial charge on any atom is -0.495 e. The maximum absolute atomic E-state index is 5.72. The number of hydrogen-bond donors (Lipinski definition) is 0. The van der Waals surface area contributed by atoms with Gasteiger partial charge < -0.3 is 14.4 Å². The van der Waals surface area contributed by atoms with Crippen LogP contribution in [0.15, 0.2) is 30.5 Å². The van der Waals surface area contributed by atoms with E-state index in [-0.39, 0.29) is 0 Å². The molecule has 6 heteroatoms. The minimum atomic E-state index is 0.628. The Kier molecular flexibility index (Phi) is 6.87. The number of aryl methyl sites for hydroxylation is 2. The Bertz CT molecular complexity index is 730. The molecule has 2 aromatic rings. The van der Waals surface area contributed by atoms with Gasteiger partial charge in [-0.1, -0.05) is 12.1 Å². The number of para-hydroxylation sites is 2. The van der Waals surface area contributed by atoms with Crippen molar-refractivity contribution in [2.45, 2.75) is 26.7 Å². The average Bonchev–Trinajstić information content (AvgIpc) is 2.71. The Morgan fingerprint density at radius 3 is 2.52 bits per heavy atom. The molecule has 0 aliphatic carbocycles. The molecule has 3 rings (SSSR count). The molecule has 27 heavy (non-hydrogen) atoms. The van der Waals surface area contributed by atoms with Gasteiger partial charge in [0.05, 0.1) is 37.0 Å². The summed E-state index contributed by atoms with van der Waals surface area (Å²) in [5.41, 5.74) is 3.08. The minimum absolute atomic E-state index is 0.628. The second-order valence-electron chi connectivity index (χ2n) is 6.94. The van der Waals surface area contributed by atoms with Crippen LogP contribution in [0.3, 0.4) is 0 Å². The summed E-state index contributed by atoms with van der Waals surface area (Å²) in [5.74, 6) is 1.58. The van der Waals surface area contributed by atoms with Crippen molar-refractivity contribution in [1.29, 1.82) is 0 Å². The molecule has 1 fully saturated rings. The van der Waals surface area contributed by atoms with E-state index in [1.54, 1.807) is 13.3 Å². The number of rotatable bonds is 8. The number of nitrogens with zero attached hydrogens (tertiary/aromatic N) is 4. The molecular weight excluding hydrogens is 340 g/mol. The zero-order valence-corrected chi connectivity index (χ0v) is 16.6. The number of unbranched alkanes of at least 4 members (excludes halogenated alkanes) is 1. The summed E-state index contributed by atoms with van der Waals surface area (Å²) in [5, 5.41) is 0. The molecule has 1 aromatic carbocycles. The number of piperazine rings is 1. The summed E-state index contributed by atoms with van der Waals surface area (Å²) in [4.78, 5) is 13.6. The number of benzene rings is 1. The van der Waals surface area contributed by atoms with Crippen LogP contribution in [0.25, 0.3) is 0 Å². The molecule has 0 unspecified atom stereocenters. The standard InChI is InChI=1S/C21H30N4O2/c1-17-18(2)23-21(16-22-17)27-15-7-6-10-24-11-13-25(14-12-24)19-8-4-5-9-20(19)26-3/h4-5,8-9,16H,6-7,10-15H2,1-3H3. The van der Waals surface area contributed by atoms with E-state index in [0.29, 0.717) is 12.5 Å². The van der Waals surface area contributed by atoms with Crippen LogP contribution >= 0.6 is 0 Å². The summed E-state index contributed by atoms with van der Waals surface area (Å²) in [6.45, 7) is 9.97. The largest absolute Gasteiger partial charge is 0.495 e. The van der Waals surface area contributed by atoms with E-state index in [1.165, 1.54) is 5.69 Å². The van der Waals surface area contributed by atoms with Gasteiger partial charge in [0, 0.05) is 26.2 Å². The van der Waals surface area contributed by atoms with Gasteiger partial charge in [-0.3, -0.25) is 9.88 Å². The fourth-order valence-corrected chi connectivity index (χ4v) is 3.31. The first-order valence-electron chi connectivity index (χ1n) is 9.70. The summed E-state index contributed by atoms with van der Waals surface area (Å²) in [7, 11) is 1.74. The van der Waals surface area contributed by atoms with Crippen LogP contribution in [0.4, 0.5) is 5.69 Å². The average molecular weight is 370 g/mol. The van der Waals surface area contributed by atoms with Crippen molar-refractivity contribution in [2.75, 3.05) is 51.3 Å². The van der Waals surface area contributed by atoms with E-state index in [9.17, 15) is 0 Å². The van der Waals surface area contributed by atoms with Crippen LogP contribution in [-0.4, -0.2) is 61.3 Å². The van der Waals surface area contributed by atoms with Gasteiger partial charge in [-0.15, -0.1) is 0 Å². The molecule has 0 saturated carbocycles. The van der Waals surface area contributed by atoms with E-state index < -0.39 is 0 Å².